The smallest absolute Gasteiger partial charge is 0.344 e. The molecule has 0 aliphatic heterocycles. The fourth-order valence-electron chi connectivity index (χ4n) is 2.42. The lowest BCUT2D eigenvalue weighted by atomic mass is 10.1. The van der Waals surface area contributed by atoms with E-state index >= 15 is 0 Å². The maximum absolute atomic E-state index is 12.2. The number of aryl methyl sites for hydroxylation is 1. The minimum atomic E-state index is -0.685. The van der Waals surface area contributed by atoms with Crippen molar-refractivity contribution in [2.45, 2.75) is 26.9 Å². The first kappa shape index (κ1) is 22.8. The highest BCUT2D eigenvalue weighted by molar-refractivity contribution is 7.80. The molecule has 2 aromatic rings. The molecule has 2 aromatic carbocycles. The summed E-state index contributed by atoms with van der Waals surface area (Å²) in [6, 6.07) is 10.5. The largest absolute Gasteiger partial charge is 0.482 e. The Morgan fingerprint density at radius 3 is 2.27 bits per heavy atom. The highest BCUT2D eigenvalue weighted by atomic mass is 32.1. The zero-order valence-electron chi connectivity index (χ0n) is 16.9. The van der Waals surface area contributed by atoms with E-state index in [4.69, 9.17) is 27.4 Å². The molecule has 8 nitrogen and oxygen atoms in total. The summed E-state index contributed by atoms with van der Waals surface area (Å²) in [5, 5.41) is 4.85. The van der Waals surface area contributed by atoms with Crippen LogP contribution in [-0.2, 0) is 9.53 Å². The van der Waals surface area contributed by atoms with Crippen LogP contribution >= 0.6 is 12.2 Å². The summed E-state index contributed by atoms with van der Waals surface area (Å²) in [5.74, 6) is -0.583. The zero-order valence-corrected chi connectivity index (χ0v) is 17.7. The first-order chi connectivity index (χ1) is 14.2. The normalized spacial score (nSPS) is 10.3. The number of amides is 3. The summed E-state index contributed by atoms with van der Waals surface area (Å²) in [6.07, 6.45) is -0.216. The Labute approximate surface area is 179 Å². The maximum Gasteiger partial charge on any atom is 0.344 e. The van der Waals surface area contributed by atoms with Crippen molar-refractivity contribution in [3.05, 3.63) is 59.2 Å². The molecule has 158 valence electrons. The highest BCUT2D eigenvalue weighted by Crippen LogP contribution is 2.21. The van der Waals surface area contributed by atoms with Crippen LogP contribution in [0.5, 0.6) is 5.75 Å². The number of urea groups is 1. The number of rotatable bonds is 7. The van der Waals surface area contributed by atoms with Crippen molar-refractivity contribution in [3.63, 3.8) is 0 Å². The Morgan fingerprint density at radius 2 is 1.70 bits per heavy atom. The van der Waals surface area contributed by atoms with E-state index in [1.54, 1.807) is 51.1 Å². The van der Waals surface area contributed by atoms with Gasteiger partial charge in [-0.3, -0.25) is 10.1 Å². The number of thiocarbonyl (C=S) groups is 1. The van der Waals surface area contributed by atoms with Gasteiger partial charge in [0.15, 0.2) is 6.61 Å². The Balaban J connectivity index is 1.92. The van der Waals surface area contributed by atoms with Crippen molar-refractivity contribution >= 4 is 40.8 Å². The van der Waals surface area contributed by atoms with Gasteiger partial charge in [-0.15, -0.1) is 0 Å². The average Bonchev–Trinajstić information content (AvgIpc) is 2.67. The van der Waals surface area contributed by atoms with Crippen molar-refractivity contribution < 1.29 is 23.9 Å². The number of hydrogen-bond acceptors (Lipinski definition) is 6. The van der Waals surface area contributed by atoms with E-state index in [9.17, 15) is 14.4 Å². The molecule has 0 unspecified atom stereocenters. The second-order valence-corrected chi connectivity index (χ2v) is 7.09. The number of benzene rings is 2. The first-order valence-corrected chi connectivity index (χ1v) is 9.51. The summed E-state index contributed by atoms with van der Waals surface area (Å²) >= 11 is 4.86. The second-order valence-electron chi connectivity index (χ2n) is 6.65. The number of nitrogens with two attached hydrogens (primary N) is 1. The quantitative estimate of drug-likeness (QED) is 0.457. The van der Waals surface area contributed by atoms with Gasteiger partial charge in [0.1, 0.15) is 10.7 Å². The number of carbonyl (C=O) groups is 3. The van der Waals surface area contributed by atoms with E-state index in [1.807, 2.05) is 0 Å². The van der Waals surface area contributed by atoms with E-state index in [2.05, 4.69) is 10.6 Å². The van der Waals surface area contributed by atoms with Gasteiger partial charge in [-0.2, -0.15) is 0 Å². The van der Waals surface area contributed by atoms with Gasteiger partial charge in [-0.25, -0.2) is 9.59 Å². The fourth-order valence-corrected chi connectivity index (χ4v) is 2.56. The van der Waals surface area contributed by atoms with Gasteiger partial charge in [0, 0.05) is 16.8 Å². The third kappa shape index (κ3) is 6.85. The Kier molecular flexibility index (Phi) is 7.88. The van der Waals surface area contributed by atoms with Crippen LogP contribution in [0, 0.1) is 6.92 Å². The van der Waals surface area contributed by atoms with E-state index in [0.29, 0.717) is 28.1 Å². The summed E-state index contributed by atoms with van der Waals surface area (Å²) in [4.78, 5) is 36.1. The van der Waals surface area contributed by atoms with Gasteiger partial charge in [-0.05, 0) is 56.7 Å². The highest BCUT2D eigenvalue weighted by Gasteiger charge is 2.13. The lowest BCUT2D eigenvalue weighted by Gasteiger charge is -2.12. The molecule has 0 aromatic heterocycles. The molecule has 0 spiro atoms. The van der Waals surface area contributed by atoms with E-state index < -0.39 is 17.9 Å². The molecule has 0 radical (unpaired) electrons. The average molecular weight is 429 g/mol. The summed E-state index contributed by atoms with van der Waals surface area (Å²) in [6.45, 7) is 5.05. The molecule has 0 atom stereocenters. The van der Waals surface area contributed by atoms with Crippen molar-refractivity contribution in [2.75, 3.05) is 11.9 Å². The van der Waals surface area contributed by atoms with E-state index in [-0.39, 0.29) is 17.7 Å². The molecular weight excluding hydrogens is 406 g/mol. The van der Waals surface area contributed by atoms with Crippen LogP contribution in [-0.4, -0.2) is 35.6 Å². The molecule has 4 N–H and O–H groups in total. The number of anilines is 1. The molecule has 0 aliphatic carbocycles. The van der Waals surface area contributed by atoms with Crippen LogP contribution in [0.25, 0.3) is 0 Å². The molecule has 0 heterocycles. The number of nitrogens with one attached hydrogen (secondary N) is 2. The van der Waals surface area contributed by atoms with Crippen LogP contribution in [0.3, 0.4) is 0 Å². The summed E-state index contributed by atoms with van der Waals surface area (Å²) in [5.41, 5.74) is 7.61. The number of ether oxygens (including phenoxy) is 2. The standard InChI is InChI=1S/C21H23N3O5S/c1-12(2)29-18(25)11-28-16-8-9-17(13(3)10-16)23-21(27)24-20(26)15-6-4-14(5-7-15)19(22)30/h4-10,12H,11H2,1-3H3,(H2,22,30)(H2,23,24,26,27). The number of esters is 1. The van der Waals surface area contributed by atoms with Gasteiger partial charge < -0.3 is 20.5 Å². The first-order valence-electron chi connectivity index (χ1n) is 9.11. The molecule has 9 heteroatoms. The molecular formula is C21H23N3O5S. The van der Waals surface area contributed by atoms with Crippen molar-refractivity contribution in [1.29, 1.82) is 0 Å². The predicted octanol–water partition coefficient (Wildman–Crippen LogP) is 2.92. The van der Waals surface area contributed by atoms with Gasteiger partial charge in [0.25, 0.3) is 5.91 Å². The van der Waals surface area contributed by atoms with Crippen LogP contribution in [0.2, 0.25) is 0 Å². The van der Waals surface area contributed by atoms with E-state index in [1.165, 1.54) is 12.1 Å². The van der Waals surface area contributed by atoms with Crippen molar-refractivity contribution in [1.82, 2.24) is 5.32 Å². The number of carbonyl (C=O) groups excluding carboxylic acids is 3. The van der Waals surface area contributed by atoms with Crippen LogP contribution in [0.4, 0.5) is 10.5 Å². The minimum Gasteiger partial charge on any atom is -0.482 e. The van der Waals surface area contributed by atoms with Gasteiger partial charge in [0.2, 0.25) is 0 Å². The Bertz CT molecular complexity index is 958. The molecule has 0 saturated carbocycles. The molecule has 0 bridgehead atoms. The molecule has 0 fully saturated rings. The second kappa shape index (κ2) is 10.4. The lowest BCUT2D eigenvalue weighted by molar-refractivity contribution is -0.149. The minimum absolute atomic E-state index is 0.215. The Morgan fingerprint density at radius 1 is 1.07 bits per heavy atom. The van der Waals surface area contributed by atoms with Gasteiger partial charge in [0.05, 0.1) is 6.10 Å². The summed E-state index contributed by atoms with van der Waals surface area (Å²) < 4.78 is 10.4. The molecule has 0 saturated heterocycles. The lowest BCUT2D eigenvalue weighted by Crippen LogP contribution is -2.34. The van der Waals surface area contributed by atoms with E-state index in [0.717, 1.165) is 0 Å². The van der Waals surface area contributed by atoms with Crippen LogP contribution in [0.15, 0.2) is 42.5 Å². The van der Waals surface area contributed by atoms with Crippen molar-refractivity contribution in [2.24, 2.45) is 5.73 Å². The molecule has 30 heavy (non-hydrogen) atoms. The van der Waals surface area contributed by atoms with Gasteiger partial charge >= 0.3 is 12.0 Å². The zero-order chi connectivity index (χ0) is 22.3. The third-order valence-corrected chi connectivity index (χ3v) is 4.06. The SMILES string of the molecule is Cc1cc(OCC(=O)OC(C)C)ccc1NC(=O)NC(=O)c1ccc(C(N)=S)cc1. The monoisotopic (exact) mass is 429 g/mol. The number of imide groups is 1. The molecule has 3 amide bonds. The topological polar surface area (TPSA) is 120 Å². The maximum atomic E-state index is 12.2. The van der Waals surface area contributed by atoms with Crippen LogP contribution in [0.1, 0.15) is 35.3 Å². The summed E-state index contributed by atoms with van der Waals surface area (Å²) in [7, 11) is 0. The van der Waals surface area contributed by atoms with Crippen LogP contribution < -0.4 is 21.1 Å². The van der Waals surface area contributed by atoms with Crippen molar-refractivity contribution in [3.8, 4) is 5.75 Å². The van der Waals surface area contributed by atoms with Gasteiger partial charge in [-0.1, -0.05) is 24.4 Å². The third-order valence-electron chi connectivity index (χ3n) is 3.83. The molecule has 2 rings (SSSR count). The predicted molar refractivity (Wildman–Crippen MR) is 117 cm³/mol. The molecule has 0 aliphatic rings. The fraction of sp³-hybridized carbons (Fsp3) is 0.238. The Hall–Kier alpha value is -3.46. The number of hydrogen-bond donors (Lipinski definition) is 3.